The summed E-state index contributed by atoms with van der Waals surface area (Å²) in [5.41, 5.74) is 6.01. The molecule has 0 aliphatic carbocycles. The molecule has 2 amide bonds. The van der Waals surface area contributed by atoms with Crippen molar-refractivity contribution in [3.05, 3.63) is 20.6 Å². The number of amides is 2. The fourth-order valence-corrected chi connectivity index (χ4v) is 6.28. The quantitative estimate of drug-likeness (QED) is 0.127. The van der Waals surface area contributed by atoms with Crippen LogP contribution in [0.15, 0.2) is 20.1 Å². The van der Waals surface area contributed by atoms with Gasteiger partial charge in [-0.15, -0.1) is 10.2 Å². The number of nitrogens with one attached hydrogen (secondary N) is 2. The van der Waals surface area contributed by atoms with E-state index in [0.717, 1.165) is 37.8 Å². The molecule has 2 atom stereocenters. The molecule has 4 rings (SSSR count). The van der Waals surface area contributed by atoms with Gasteiger partial charge in [-0.3, -0.25) is 14.4 Å². The number of thiazole rings is 1. The van der Waals surface area contributed by atoms with E-state index in [2.05, 4.69) is 35.7 Å². The van der Waals surface area contributed by atoms with E-state index >= 15 is 0 Å². The molecule has 13 nitrogen and oxygen atoms in total. The predicted octanol–water partition coefficient (Wildman–Crippen LogP) is 1.75. The Labute approximate surface area is 216 Å². The van der Waals surface area contributed by atoms with Gasteiger partial charge in [-0.2, -0.15) is 0 Å². The fourth-order valence-electron chi connectivity index (χ4n) is 3.46. The van der Waals surface area contributed by atoms with Gasteiger partial charge in [0, 0.05) is 17.6 Å². The Balaban J connectivity index is 0.000000795. The molecule has 188 valence electrons. The average molecular weight is 561 g/mol. The molecule has 2 aromatic rings. The number of ether oxygens (including phenoxy) is 1. The van der Waals surface area contributed by atoms with E-state index in [-0.39, 0.29) is 32.8 Å². The SMILES string of the molecule is CNc1nnc(SC2=C(C)N3C(=O)C(NC(=O)/C(=N\O)c4nc(N)sc4Cl)C3CC2)s1.COC=O. The Kier molecular flexibility index (Phi) is 8.87. The van der Waals surface area contributed by atoms with Gasteiger partial charge >= 0.3 is 0 Å². The minimum Gasteiger partial charge on any atom is -0.471 e. The van der Waals surface area contributed by atoms with Crippen molar-refractivity contribution in [2.75, 3.05) is 25.2 Å². The van der Waals surface area contributed by atoms with Gasteiger partial charge in [0.1, 0.15) is 16.1 Å². The molecule has 4 heterocycles. The number of aromatic nitrogens is 3. The van der Waals surface area contributed by atoms with E-state index in [1.54, 1.807) is 11.9 Å². The van der Waals surface area contributed by atoms with E-state index in [4.69, 9.17) is 22.1 Å². The summed E-state index contributed by atoms with van der Waals surface area (Å²) in [5, 5.41) is 26.9. The number of fused-ring (bicyclic) bond motifs is 1. The van der Waals surface area contributed by atoms with E-state index in [9.17, 15) is 14.8 Å². The zero-order valence-corrected chi connectivity index (χ0v) is 21.8. The number of rotatable bonds is 7. The van der Waals surface area contributed by atoms with Gasteiger partial charge in [0.2, 0.25) is 5.13 Å². The topological polar surface area (TPSA) is 185 Å². The number of oxime groups is 1. The summed E-state index contributed by atoms with van der Waals surface area (Å²) in [6, 6.07) is -0.906. The molecule has 0 saturated carbocycles. The third-order valence-corrected chi connectivity index (χ3v) is 8.33. The van der Waals surface area contributed by atoms with Crippen LogP contribution >= 0.6 is 46.0 Å². The number of anilines is 2. The number of nitrogen functional groups attached to an aromatic ring is 1. The van der Waals surface area contributed by atoms with Crippen molar-refractivity contribution in [1.82, 2.24) is 25.4 Å². The van der Waals surface area contributed by atoms with Crippen molar-refractivity contribution in [3.63, 3.8) is 0 Å². The lowest BCUT2D eigenvalue weighted by atomic mass is 9.86. The van der Waals surface area contributed by atoms with Crippen molar-refractivity contribution < 1.29 is 24.3 Å². The molecule has 1 saturated heterocycles. The summed E-state index contributed by atoms with van der Waals surface area (Å²) in [6.45, 7) is 2.25. The number of carbonyl (C=O) groups excluding carboxylic acids is 3. The van der Waals surface area contributed by atoms with Crippen LogP contribution in [0.4, 0.5) is 10.3 Å². The second-order valence-corrected chi connectivity index (χ2v) is 10.9. The number of halogens is 1. The summed E-state index contributed by atoms with van der Waals surface area (Å²) in [4.78, 5) is 41.0. The third-order valence-electron chi connectivity index (χ3n) is 5.01. The van der Waals surface area contributed by atoms with E-state index < -0.39 is 11.9 Å². The number of allylic oxidation sites excluding steroid dienone is 2. The van der Waals surface area contributed by atoms with E-state index in [1.165, 1.54) is 30.2 Å². The minimum absolute atomic E-state index is 0.0239. The monoisotopic (exact) mass is 560 g/mol. The molecule has 0 spiro atoms. The Bertz CT molecular complexity index is 1180. The van der Waals surface area contributed by atoms with Gasteiger partial charge in [-0.1, -0.05) is 51.2 Å². The van der Waals surface area contributed by atoms with Crippen LogP contribution in [0.2, 0.25) is 4.34 Å². The first kappa shape index (κ1) is 26.7. The van der Waals surface area contributed by atoms with Gasteiger partial charge in [0.05, 0.1) is 13.2 Å². The summed E-state index contributed by atoms with van der Waals surface area (Å²) < 4.78 is 4.77. The smallest absolute Gasteiger partial charge is 0.292 e. The Morgan fingerprint density at radius 2 is 2.14 bits per heavy atom. The van der Waals surface area contributed by atoms with Gasteiger partial charge in [0.15, 0.2) is 15.2 Å². The highest BCUT2D eigenvalue weighted by atomic mass is 35.5. The second-order valence-electron chi connectivity index (χ2n) is 6.95. The van der Waals surface area contributed by atoms with Crippen molar-refractivity contribution >= 4 is 80.3 Å². The maximum atomic E-state index is 12.8. The van der Waals surface area contributed by atoms with Crippen LogP contribution in [0.25, 0.3) is 0 Å². The molecule has 0 bridgehead atoms. The molecule has 17 heteroatoms. The first-order valence-corrected chi connectivity index (χ1v) is 12.7. The van der Waals surface area contributed by atoms with Crippen LogP contribution in [-0.2, 0) is 19.1 Å². The van der Waals surface area contributed by atoms with Gasteiger partial charge in [-0.25, -0.2) is 4.98 Å². The van der Waals surface area contributed by atoms with Crippen LogP contribution in [0.3, 0.4) is 0 Å². The molecule has 1 fully saturated rings. The lowest BCUT2D eigenvalue weighted by Gasteiger charge is -2.50. The molecule has 2 unspecified atom stereocenters. The van der Waals surface area contributed by atoms with Gasteiger partial charge < -0.3 is 31.2 Å². The highest BCUT2D eigenvalue weighted by Gasteiger charge is 2.51. The highest BCUT2D eigenvalue weighted by Crippen LogP contribution is 2.43. The van der Waals surface area contributed by atoms with Crippen LogP contribution in [-0.4, -0.2) is 75.5 Å². The summed E-state index contributed by atoms with van der Waals surface area (Å²) in [6.07, 6.45) is 1.41. The first-order valence-electron chi connectivity index (χ1n) is 9.89. The number of nitrogens with zero attached hydrogens (tertiary/aromatic N) is 5. The van der Waals surface area contributed by atoms with E-state index in [1.807, 2.05) is 6.92 Å². The van der Waals surface area contributed by atoms with Crippen molar-refractivity contribution in [2.24, 2.45) is 5.16 Å². The van der Waals surface area contributed by atoms with Crippen LogP contribution in [0.5, 0.6) is 0 Å². The minimum atomic E-state index is -0.747. The lowest BCUT2D eigenvalue weighted by Crippen LogP contribution is -2.71. The van der Waals surface area contributed by atoms with Crippen LogP contribution in [0.1, 0.15) is 25.5 Å². The lowest BCUT2D eigenvalue weighted by molar-refractivity contribution is -0.150. The fraction of sp³-hybridized carbons (Fsp3) is 0.389. The molecule has 0 aromatic carbocycles. The van der Waals surface area contributed by atoms with E-state index in [0.29, 0.717) is 12.9 Å². The zero-order chi connectivity index (χ0) is 25.7. The normalized spacial score (nSPS) is 19.3. The van der Waals surface area contributed by atoms with Crippen LogP contribution < -0.4 is 16.4 Å². The largest absolute Gasteiger partial charge is 0.471 e. The molecule has 2 aliphatic rings. The maximum Gasteiger partial charge on any atom is 0.292 e. The Hall–Kier alpha value is -2.95. The third kappa shape index (κ3) is 5.66. The standard InChI is InChI=1S/C16H17ClN8O3S3.C2H4O2/c1-5-7(29-16-23-22-15(19-2)31-16)4-3-6-8(13(27)25(5)6)20-12(26)10(24-28)9-11(17)30-14(18)21-9;1-4-2-3/h6,8,28H,3-4H2,1-2H3,(H2,18,21)(H,19,22)(H,20,26);2H,1H3/b24-10-;. The molecule has 2 aliphatic heterocycles. The zero-order valence-electron chi connectivity index (χ0n) is 18.6. The molecule has 2 aromatic heterocycles. The van der Waals surface area contributed by atoms with Crippen LogP contribution in [0, 0.1) is 0 Å². The number of thioether (sulfide) groups is 1. The van der Waals surface area contributed by atoms with Crippen molar-refractivity contribution in [3.8, 4) is 0 Å². The summed E-state index contributed by atoms with van der Waals surface area (Å²) in [5.74, 6) is -0.981. The maximum absolute atomic E-state index is 12.8. The predicted molar refractivity (Wildman–Crippen MR) is 133 cm³/mol. The summed E-state index contributed by atoms with van der Waals surface area (Å²) in [7, 11) is 3.09. The number of methoxy groups -OCH3 is 1. The molecule has 5 N–H and O–H groups in total. The highest BCUT2D eigenvalue weighted by molar-refractivity contribution is 8.04. The Morgan fingerprint density at radius 1 is 1.43 bits per heavy atom. The van der Waals surface area contributed by atoms with Gasteiger partial charge in [0.25, 0.3) is 18.3 Å². The summed E-state index contributed by atoms with van der Waals surface area (Å²) >= 11 is 9.89. The number of β-lactam (4-membered cyclic amide) rings is 1. The molecule has 35 heavy (non-hydrogen) atoms. The molecular formula is C18H21ClN8O5S3. The number of hydrogen-bond acceptors (Lipinski definition) is 14. The number of nitrogens with two attached hydrogens (primary N) is 1. The Morgan fingerprint density at radius 3 is 2.69 bits per heavy atom. The average Bonchev–Trinajstić information content (AvgIpc) is 3.44. The number of carbonyl (C=O) groups is 3. The van der Waals surface area contributed by atoms with Crippen molar-refractivity contribution in [2.45, 2.75) is 36.2 Å². The molecule has 0 radical (unpaired) electrons. The molecular weight excluding hydrogens is 540 g/mol. The number of hydrogen-bond donors (Lipinski definition) is 4. The first-order chi connectivity index (χ1) is 16.7. The van der Waals surface area contributed by atoms with Gasteiger partial charge in [-0.05, 0) is 19.8 Å². The second kappa shape index (κ2) is 11.7. The van der Waals surface area contributed by atoms with Crippen molar-refractivity contribution in [1.29, 1.82) is 0 Å².